The molecule has 0 radical (unpaired) electrons. The zero-order valence-corrected chi connectivity index (χ0v) is 24.8. The molecule has 8 heteroatoms. The smallest absolute Gasteiger partial charge is 0.326 e. The van der Waals surface area contributed by atoms with Crippen LogP contribution < -0.4 is 10.6 Å². The van der Waals surface area contributed by atoms with Crippen LogP contribution in [-0.4, -0.2) is 44.6 Å². The van der Waals surface area contributed by atoms with Crippen LogP contribution in [0.2, 0.25) is 0 Å². The van der Waals surface area contributed by atoms with E-state index in [0.29, 0.717) is 24.3 Å². The number of rotatable bonds is 13. The van der Waals surface area contributed by atoms with Crippen molar-refractivity contribution in [2.75, 3.05) is 17.3 Å². The van der Waals surface area contributed by atoms with Crippen LogP contribution in [0, 0.1) is 0 Å². The van der Waals surface area contributed by atoms with Crippen LogP contribution in [-0.2, 0) is 17.9 Å². The van der Waals surface area contributed by atoms with Gasteiger partial charge in [-0.15, -0.1) is 0 Å². The largest absolute Gasteiger partial charge is 0.480 e. The molecule has 7 nitrogen and oxygen atoms in total. The first-order chi connectivity index (χ1) is 21.0. The van der Waals surface area contributed by atoms with Gasteiger partial charge in [0.25, 0.3) is 5.91 Å². The lowest BCUT2D eigenvalue weighted by Gasteiger charge is -2.17. The molecule has 3 N–H and O–H groups in total. The van der Waals surface area contributed by atoms with Gasteiger partial charge in [0.15, 0.2) is 0 Å². The second kappa shape index (κ2) is 14.4. The Bertz CT molecular complexity index is 1650. The number of anilines is 1. The van der Waals surface area contributed by atoms with Gasteiger partial charge in [0.2, 0.25) is 0 Å². The fourth-order valence-electron chi connectivity index (χ4n) is 4.86. The molecule has 0 saturated heterocycles. The van der Waals surface area contributed by atoms with E-state index < -0.39 is 17.9 Å². The molecule has 0 fully saturated rings. The van der Waals surface area contributed by atoms with Crippen LogP contribution >= 0.6 is 11.8 Å². The predicted molar refractivity (Wildman–Crippen MR) is 174 cm³/mol. The number of hydrogen-bond donors (Lipinski definition) is 3. The zero-order chi connectivity index (χ0) is 30.0. The van der Waals surface area contributed by atoms with Gasteiger partial charge < -0.3 is 20.3 Å². The fraction of sp³-hybridized carbons (Fsp3) is 0.171. The lowest BCUT2D eigenvalue weighted by atomic mass is 9.98. The third-order valence-electron chi connectivity index (χ3n) is 7.15. The minimum atomic E-state index is -1.04. The predicted octanol–water partition coefficient (Wildman–Crippen LogP) is 6.81. The van der Waals surface area contributed by atoms with Gasteiger partial charge in [0.1, 0.15) is 6.04 Å². The SMILES string of the molecule is CSCC[C@H](NC(=O)c1ccc(NCc2cn(Cc3ccc(-c4ccccc4)cc3)cn2)cc1-c1ccccc1)C(=O)O. The van der Waals surface area contributed by atoms with Crippen LogP contribution in [0.15, 0.2) is 116 Å². The molecule has 1 atom stereocenters. The second-order valence-electron chi connectivity index (χ2n) is 10.2. The van der Waals surface area contributed by atoms with Gasteiger partial charge in [-0.25, -0.2) is 9.78 Å². The number of nitrogens with zero attached hydrogens (tertiary/aromatic N) is 2. The van der Waals surface area contributed by atoms with E-state index in [2.05, 4.69) is 56.6 Å². The summed E-state index contributed by atoms with van der Waals surface area (Å²) in [5, 5.41) is 15.7. The van der Waals surface area contributed by atoms with E-state index in [1.165, 1.54) is 16.7 Å². The van der Waals surface area contributed by atoms with Crippen molar-refractivity contribution in [3.05, 3.63) is 132 Å². The second-order valence-corrected chi connectivity index (χ2v) is 11.2. The van der Waals surface area contributed by atoms with Crippen molar-refractivity contribution in [2.24, 2.45) is 0 Å². The van der Waals surface area contributed by atoms with E-state index in [-0.39, 0.29) is 0 Å². The Kier molecular flexibility index (Phi) is 9.92. The molecule has 0 unspecified atom stereocenters. The number of carboxylic acids is 1. The minimum absolute atomic E-state index is 0.355. The summed E-state index contributed by atoms with van der Waals surface area (Å²) in [6.45, 7) is 1.23. The summed E-state index contributed by atoms with van der Waals surface area (Å²) >= 11 is 1.55. The number of amides is 1. The molecule has 0 aliphatic heterocycles. The standard InChI is InChI=1S/C35H34N4O3S/c1-43-19-18-33(35(41)42)38-34(40)31-17-16-29(20-32(31)28-10-6-3-7-11-28)36-21-30-23-39(24-37-30)22-25-12-14-27(15-13-25)26-8-4-2-5-9-26/h2-17,20,23-24,33,36H,18-19,21-22H2,1H3,(H,38,40)(H,41,42)/t33-/m0/s1. The number of thioether (sulfide) groups is 1. The monoisotopic (exact) mass is 590 g/mol. The summed E-state index contributed by atoms with van der Waals surface area (Å²) in [5.74, 6) is -0.804. The molecule has 5 aromatic rings. The van der Waals surface area contributed by atoms with Gasteiger partial charge in [-0.05, 0) is 64.4 Å². The molecule has 4 aromatic carbocycles. The van der Waals surface area contributed by atoms with Crippen molar-refractivity contribution in [3.8, 4) is 22.3 Å². The Labute approximate surface area is 256 Å². The first kappa shape index (κ1) is 29.7. The summed E-state index contributed by atoms with van der Waals surface area (Å²) in [5.41, 5.74) is 7.32. The van der Waals surface area contributed by atoms with E-state index in [4.69, 9.17) is 0 Å². The molecule has 1 amide bonds. The van der Waals surface area contributed by atoms with Gasteiger partial charge in [0, 0.05) is 24.0 Å². The number of benzene rings is 4. The minimum Gasteiger partial charge on any atom is -0.480 e. The van der Waals surface area contributed by atoms with E-state index in [9.17, 15) is 14.7 Å². The Hall–Kier alpha value is -4.82. The Morgan fingerprint density at radius 1 is 0.884 bits per heavy atom. The third kappa shape index (κ3) is 7.93. The molecule has 5 rings (SSSR count). The van der Waals surface area contributed by atoms with Crippen LogP contribution in [0.1, 0.15) is 28.0 Å². The maximum absolute atomic E-state index is 13.2. The van der Waals surface area contributed by atoms with Crippen molar-refractivity contribution in [2.45, 2.75) is 25.6 Å². The lowest BCUT2D eigenvalue weighted by Crippen LogP contribution is -2.41. The highest BCUT2D eigenvalue weighted by molar-refractivity contribution is 7.98. The zero-order valence-electron chi connectivity index (χ0n) is 23.9. The van der Waals surface area contributed by atoms with Gasteiger partial charge in [-0.2, -0.15) is 11.8 Å². The average molecular weight is 591 g/mol. The summed E-state index contributed by atoms with van der Waals surface area (Å²) < 4.78 is 2.06. The first-order valence-electron chi connectivity index (χ1n) is 14.1. The number of aliphatic carboxylic acids is 1. The highest BCUT2D eigenvalue weighted by Gasteiger charge is 2.22. The molecule has 43 heavy (non-hydrogen) atoms. The number of hydrogen-bond acceptors (Lipinski definition) is 5. The van der Waals surface area contributed by atoms with E-state index in [1.807, 2.05) is 79.4 Å². The fourth-order valence-corrected chi connectivity index (χ4v) is 5.33. The molecular weight excluding hydrogens is 556 g/mol. The maximum Gasteiger partial charge on any atom is 0.326 e. The highest BCUT2D eigenvalue weighted by Crippen LogP contribution is 2.28. The Morgan fingerprint density at radius 3 is 2.23 bits per heavy atom. The van der Waals surface area contributed by atoms with Crippen molar-refractivity contribution < 1.29 is 14.7 Å². The molecule has 0 spiro atoms. The number of carbonyl (C=O) groups excluding carboxylic acids is 1. The quantitative estimate of drug-likeness (QED) is 0.139. The van der Waals surface area contributed by atoms with Crippen LogP contribution in [0.25, 0.3) is 22.3 Å². The summed E-state index contributed by atoms with van der Waals surface area (Å²) in [6.07, 6.45) is 6.13. The number of carbonyl (C=O) groups is 2. The maximum atomic E-state index is 13.2. The normalized spacial score (nSPS) is 11.6. The van der Waals surface area contributed by atoms with Crippen molar-refractivity contribution >= 4 is 29.3 Å². The molecule has 0 aliphatic rings. The highest BCUT2D eigenvalue weighted by atomic mass is 32.2. The van der Waals surface area contributed by atoms with Gasteiger partial charge in [-0.1, -0.05) is 84.9 Å². The van der Waals surface area contributed by atoms with Gasteiger partial charge in [-0.3, -0.25) is 4.79 Å². The molecule has 1 heterocycles. The van der Waals surface area contributed by atoms with Crippen LogP contribution in [0.4, 0.5) is 5.69 Å². The summed E-state index contributed by atoms with van der Waals surface area (Å²) in [6, 6.07) is 33.1. The van der Waals surface area contributed by atoms with Crippen molar-refractivity contribution in [3.63, 3.8) is 0 Å². The van der Waals surface area contributed by atoms with Crippen LogP contribution in [0.3, 0.4) is 0 Å². The molecule has 1 aromatic heterocycles. The number of imidazole rings is 1. The molecular formula is C35H34N4O3S. The molecule has 0 saturated carbocycles. The number of carboxylic acid groups (broad SMARTS) is 1. The molecule has 218 valence electrons. The van der Waals surface area contributed by atoms with Gasteiger partial charge in [0.05, 0.1) is 18.6 Å². The van der Waals surface area contributed by atoms with E-state index >= 15 is 0 Å². The summed E-state index contributed by atoms with van der Waals surface area (Å²) in [4.78, 5) is 29.5. The molecule has 0 bridgehead atoms. The van der Waals surface area contributed by atoms with Crippen molar-refractivity contribution in [1.29, 1.82) is 0 Å². The Balaban J connectivity index is 1.26. The van der Waals surface area contributed by atoms with Crippen molar-refractivity contribution in [1.82, 2.24) is 14.9 Å². The van der Waals surface area contributed by atoms with E-state index in [0.717, 1.165) is 29.1 Å². The van der Waals surface area contributed by atoms with Gasteiger partial charge >= 0.3 is 5.97 Å². The lowest BCUT2D eigenvalue weighted by molar-refractivity contribution is -0.139. The summed E-state index contributed by atoms with van der Waals surface area (Å²) in [7, 11) is 0. The molecule has 0 aliphatic carbocycles. The first-order valence-corrected chi connectivity index (χ1v) is 15.5. The topological polar surface area (TPSA) is 96.3 Å². The Morgan fingerprint density at radius 2 is 1.56 bits per heavy atom. The third-order valence-corrected chi connectivity index (χ3v) is 7.79. The van der Waals surface area contributed by atoms with Crippen LogP contribution in [0.5, 0.6) is 0 Å². The average Bonchev–Trinajstić information content (AvgIpc) is 3.50. The number of aromatic nitrogens is 2. The number of nitrogens with one attached hydrogen (secondary N) is 2. The van der Waals surface area contributed by atoms with E-state index in [1.54, 1.807) is 17.8 Å².